The van der Waals surface area contributed by atoms with Crippen molar-refractivity contribution in [2.45, 2.75) is 26.8 Å². The molecule has 0 aromatic carbocycles. The molecular formula is C10H15N3O3. The summed E-state index contributed by atoms with van der Waals surface area (Å²) in [5, 5.41) is 12.9. The van der Waals surface area contributed by atoms with Gasteiger partial charge in [-0.3, -0.25) is 9.69 Å². The summed E-state index contributed by atoms with van der Waals surface area (Å²) in [5.74, 6) is 0.418. The highest BCUT2D eigenvalue weighted by Gasteiger charge is 2.40. The number of hydrogen-bond donors (Lipinski definition) is 1. The fourth-order valence-electron chi connectivity index (χ4n) is 1.97. The van der Waals surface area contributed by atoms with Gasteiger partial charge in [-0.2, -0.15) is 4.98 Å². The summed E-state index contributed by atoms with van der Waals surface area (Å²) < 4.78 is 4.87. The highest BCUT2D eigenvalue weighted by Crippen LogP contribution is 2.30. The Morgan fingerprint density at radius 3 is 2.94 bits per heavy atom. The Hall–Kier alpha value is -1.43. The first kappa shape index (κ1) is 11.1. The molecule has 1 fully saturated rings. The molecule has 1 aliphatic heterocycles. The maximum Gasteiger partial charge on any atom is 0.310 e. The number of rotatable bonds is 3. The van der Waals surface area contributed by atoms with Crippen LogP contribution < -0.4 is 0 Å². The van der Waals surface area contributed by atoms with Crippen LogP contribution in [0.4, 0.5) is 0 Å². The zero-order chi connectivity index (χ0) is 11.8. The molecule has 0 aliphatic carbocycles. The Balaban J connectivity index is 1.97. The monoisotopic (exact) mass is 225 g/mol. The molecule has 2 heterocycles. The van der Waals surface area contributed by atoms with Crippen molar-refractivity contribution in [1.29, 1.82) is 0 Å². The van der Waals surface area contributed by atoms with E-state index in [2.05, 4.69) is 10.1 Å². The van der Waals surface area contributed by atoms with Gasteiger partial charge in [0.2, 0.25) is 5.89 Å². The number of carbonyl (C=O) groups is 1. The molecule has 1 N–H and O–H groups in total. The van der Waals surface area contributed by atoms with Crippen LogP contribution in [0.2, 0.25) is 0 Å². The van der Waals surface area contributed by atoms with Crippen LogP contribution >= 0.6 is 0 Å². The van der Waals surface area contributed by atoms with Crippen molar-refractivity contribution in [2.24, 2.45) is 5.41 Å². The van der Waals surface area contributed by atoms with Gasteiger partial charge in [0.05, 0.1) is 12.0 Å². The van der Waals surface area contributed by atoms with Crippen molar-refractivity contribution in [2.75, 3.05) is 13.1 Å². The molecule has 6 heteroatoms. The minimum atomic E-state index is -0.737. The molecule has 1 unspecified atom stereocenters. The van der Waals surface area contributed by atoms with Gasteiger partial charge in [0, 0.05) is 13.5 Å². The molecule has 0 amide bonds. The molecule has 6 nitrogen and oxygen atoms in total. The maximum absolute atomic E-state index is 11.0. The third-order valence-corrected chi connectivity index (χ3v) is 3.00. The van der Waals surface area contributed by atoms with E-state index in [1.807, 2.05) is 4.90 Å². The third kappa shape index (κ3) is 2.06. The first-order chi connectivity index (χ1) is 7.49. The second kappa shape index (κ2) is 3.86. The summed E-state index contributed by atoms with van der Waals surface area (Å²) in [6.45, 7) is 5.37. The first-order valence-electron chi connectivity index (χ1n) is 5.24. The number of aliphatic carboxylic acids is 1. The second-order valence-electron chi connectivity index (χ2n) is 4.56. The molecule has 1 aromatic heterocycles. The van der Waals surface area contributed by atoms with Gasteiger partial charge in [-0.1, -0.05) is 5.16 Å². The first-order valence-corrected chi connectivity index (χ1v) is 5.24. The second-order valence-corrected chi connectivity index (χ2v) is 4.56. The molecule has 1 atom stereocenters. The zero-order valence-electron chi connectivity index (χ0n) is 9.43. The molecular weight excluding hydrogens is 210 g/mol. The normalized spacial score (nSPS) is 26.1. The largest absolute Gasteiger partial charge is 0.481 e. The summed E-state index contributed by atoms with van der Waals surface area (Å²) in [7, 11) is 0. The van der Waals surface area contributed by atoms with Crippen molar-refractivity contribution in [3.8, 4) is 0 Å². The smallest absolute Gasteiger partial charge is 0.310 e. The number of nitrogens with zero attached hydrogens (tertiary/aromatic N) is 3. The van der Waals surface area contributed by atoms with Crippen molar-refractivity contribution >= 4 is 5.97 Å². The quantitative estimate of drug-likeness (QED) is 0.814. The molecule has 0 spiro atoms. The highest BCUT2D eigenvalue weighted by atomic mass is 16.5. The van der Waals surface area contributed by atoms with Crippen LogP contribution in [-0.4, -0.2) is 39.2 Å². The lowest BCUT2D eigenvalue weighted by Gasteiger charge is -2.18. The molecule has 88 valence electrons. The van der Waals surface area contributed by atoms with E-state index in [0.29, 0.717) is 31.2 Å². The molecule has 0 radical (unpaired) electrons. The van der Waals surface area contributed by atoms with Gasteiger partial charge >= 0.3 is 5.97 Å². The van der Waals surface area contributed by atoms with E-state index in [1.165, 1.54) is 0 Å². The maximum atomic E-state index is 11.0. The van der Waals surface area contributed by atoms with Crippen molar-refractivity contribution in [1.82, 2.24) is 15.0 Å². The summed E-state index contributed by atoms with van der Waals surface area (Å²) in [6.07, 6.45) is 0.666. The van der Waals surface area contributed by atoms with Crippen LogP contribution in [0.25, 0.3) is 0 Å². The average molecular weight is 225 g/mol. The Morgan fingerprint density at radius 2 is 2.44 bits per heavy atom. The molecule has 1 saturated heterocycles. The Morgan fingerprint density at radius 1 is 1.69 bits per heavy atom. The number of carboxylic acids is 1. The number of carboxylic acid groups (broad SMARTS) is 1. The van der Waals surface area contributed by atoms with Gasteiger partial charge in [-0.25, -0.2) is 0 Å². The van der Waals surface area contributed by atoms with E-state index in [-0.39, 0.29) is 0 Å². The van der Waals surface area contributed by atoms with E-state index >= 15 is 0 Å². The third-order valence-electron chi connectivity index (χ3n) is 3.00. The SMILES string of the molecule is Cc1nc(CN2CCC(C)(C(=O)O)C2)no1. The lowest BCUT2D eigenvalue weighted by Crippen LogP contribution is -2.31. The van der Waals surface area contributed by atoms with Crippen molar-refractivity contribution < 1.29 is 14.4 Å². The summed E-state index contributed by atoms with van der Waals surface area (Å²) >= 11 is 0. The Kier molecular flexibility index (Phi) is 2.67. The summed E-state index contributed by atoms with van der Waals surface area (Å²) in [5.41, 5.74) is -0.640. The molecule has 0 bridgehead atoms. The minimum Gasteiger partial charge on any atom is -0.481 e. The zero-order valence-corrected chi connectivity index (χ0v) is 9.43. The molecule has 16 heavy (non-hydrogen) atoms. The summed E-state index contributed by atoms with van der Waals surface area (Å²) in [6, 6.07) is 0. The van der Waals surface area contributed by atoms with Gasteiger partial charge in [-0.15, -0.1) is 0 Å². The molecule has 2 rings (SSSR count). The van der Waals surface area contributed by atoms with E-state index in [0.717, 1.165) is 6.54 Å². The van der Waals surface area contributed by atoms with Crippen molar-refractivity contribution in [3.63, 3.8) is 0 Å². The van der Waals surface area contributed by atoms with Crippen LogP contribution in [-0.2, 0) is 11.3 Å². The van der Waals surface area contributed by atoms with Gasteiger partial charge in [0.15, 0.2) is 5.82 Å². The van der Waals surface area contributed by atoms with E-state index in [4.69, 9.17) is 9.63 Å². The van der Waals surface area contributed by atoms with E-state index in [1.54, 1.807) is 13.8 Å². The lowest BCUT2D eigenvalue weighted by atomic mass is 9.90. The molecule has 0 saturated carbocycles. The fourth-order valence-corrected chi connectivity index (χ4v) is 1.97. The standard InChI is InChI=1S/C10H15N3O3/c1-7-11-8(12-16-7)5-13-4-3-10(2,6-13)9(14)15/h3-6H2,1-2H3,(H,14,15). The Labute approximate surface area is 93.2 Å². The fraction of sp³-hybridized carbons (Fsp3) is 0.700. The molecule has 1 aromatic rings. The van der Waals surface area contributed by atoms with E-state index < -0.39 is 11.4 Å². The average Bonchev–Trinajstić information content (AvgIpc) is 2.75. The van der Waals surface area contributed by atoms with Crippen LogP contribution in [0, 0.1) is 12.3 Å². The molecule has 1 aliphatic rings. The van der Waals surface area contributed by atoms with Crippen molar-refractivity contribution in [3.05, 3.63) is 11.7 Å². The number of likely N-dealkylation sites (tertiary alicyclic amines) is 1. The van der Waals surface area contributed by atoms with E-state index in [9.17, 15) is 4.79 Å². The predicted molar refractivity (Wildman–Crippen MR) is 54.7 cm³/mol. The van der Waals surface area contributed by atoms with Gasteiger partial charge in [0.25, 0.3) is 0 Å². The van der Waals surface area contributed by atoms with Crippen LogP contribution in [0.5, 0.6) is 0 Å². The highest BCUT2D eigenvalue weighted by molar-refractivity contribution is 5.74. The number of aryl methyl sites for hydroxylation is 1. The van der Waals surface area contributed by atoms with Crippen LogP contribution in [0.15, 0.2) is 4.52 Å². The van der Waals surface area contributed by atoms with Gasteiger partial charge in [0.1, 0.15) is 0 Å². The number of aromatic nitrogens is 2. The minimum absolute atomic E-state index is 0.537. The predicted octanol–water partition coefficient (Wildman–Crippen LogP) is 0.675. The van der Waals surface area contributed by atoms with Gasteiger partial charge in [-0.05, 0) is 19.9 Å². The topological polar surface area (TPSA) is 79.5 Å². The van der Waals surface area contributed by atoms with Crippen LogP contribution in [0.3, 0.4) is 0 Å². The van der Waals surface area contributed by atoms with Crippen LogP contribution in [0.1, 0.15) is 25.1 Å². The lowest BCUT2D eigenvalue weighted by molar-refractivity contribution is -0.147. The number of hydrogen-bond acceptors (Lipinski definition) is 5. The van der Waals surface area contributed by atoms with Gasteiger partial charge < -0.3 is 9.63 Å². The Bertz CT molecular complexity index is 404. The summed E-state index contributed by atoms with van der Waals surface area (Å²) in [4.78, 5) is 17.2.